The zero-order chi connectivity index (χ0) is 11.1. The van der Waals surface area contributed by atoms with Crippen LogP contribution < -0.4 is 11.1 Å². The van der Waals surface area contributed by atoms with E-state index in [9.17, 15) is 8.78 Å². The van der Waals surface area contributed by atoms with Crippen LogP contribution in [-0.4, -0.2) is 6.54 Å². The van der Waals surface area contributed by atoms with E-state index < -0.39 is 11.6 Å². The molecule has 1 aliphatic carbocycles. The second-order valence-corrected chi connectivity index (χ2v) is 4.51. The molecule has 1 aromatic rings. The Labute approximate surface area is 87.5 Å². The average Bonchev–Trinajstić information content (AvgIpc) is 2.88. The molecule has 0 amide bonds. The number of nitrogens with one attached hydrogen (secondary N) is 1. The van der Waals surface area contributed by atoms with E-state index in [4.69, 9.17) is 5.73 Å². The molecule has 0 spiro atoms. The Kier molecular flexibility index (Phi) is 2.29. The number of nitrogens with two attached hydrogens (primary N) is 1. The predicted octanol–water partition coefficient (Wildman–Crippen LogP) is 2.76. The van der Waals surface area contributed by atoms with Crippen molar-refractivity contribution in [1.29, 1.82) is 0 Å². The van der Waals surface area contributed by atoms with Gasteiger partial charge in [0.05, 0.1) is 11.4 Å². The molecule has 0 atom stereocenters. The normalized spacial score (nSPS) is 17.5. The van der Waals surface area contributed by atoms with Crippen molar-refractivity contribution in [3.8, 4) is 0 Å². The molecule has 0 radical (unpaired) electrons. The minimum Gasteiger partial charge on any atom is -0.395 e. The first-order valence-corrected chi connectivity index (χ1v) is 4.99. The summed E-state index contributed by atoms with van der Waals surface area (Å²) in [5.74, 6) is -1.32. The fourth-order valence-electron chi connectivity index (χ4n) is 1.43. The maximum atomic E-state index is 13.1. The van der Waals surface area contributed by atoms with Crippen LogP contribution in [0.5, 0.6) is 0 Å². The van der Waals surface area contributed by atoms with Crippen LogP contribution in [0.4, 0.5) is 20.2 Å². The van der Waals surface area contributed by atoms with E-state index in [1.165, 1.54) is 6.07 Å². The molecule has 3 N–H and O–H groups in total. The van der Waals surface area contributed by atoms with Gasteiger partial charge in [0.1, 0.15) is 5.82 Å². The Morgan fingerprint density at radius 3 is 2.67 bits per heavy atom. The smallest absolute Gasteiger partial charge is 0.151 e. The molecule has 2 rings (SSSR count). The summed E-state index contributed by atoms with van der Waals surface area (Å²) >= 11 is 0. The second kappa shape index (κ2) is 3.36. The van der Waals surface area contributed by atoms with Gasteiger partial charge in [0, 0.05) is 12.6 Å². The van der Waals surface area contributed by atoms with Gasteiger partial charge in [-0.1, -0.05) is 6.92 Å². The van der Waals surface area contributed by atoms with E-state index >= 15 is 0 Å². The van der Waals surface area contributed by atoms with Crippen molar-refractivity contribution in [3.05, 3.63) is 23.8 Å². The molecule has 1 aliphatic rings. The van der Waals surface area contributed by atoms with Gasteiger partial charge >= 0.3 is 0 Å². The van der Waals surface area contributed by atoms with Crippen LogP contribution in [0.2, 0.25) is 0 Å². The Balaban J connectivity index is 2.13. The molecular weight excluding hydrogens is 198 g/mol. The molecule has 0 aliphatic heterocycles. The highest BCUT2D eigenvalue weighted by Crippen LogP contribution is 2.45. The molecule has 4 heteroatoms. The maximum Gasteiger partial charge on any atom is 0.151 e. The number of benzene rings is 1. The lowest BCUT2D eigenvalue weighted by molar-refractivity contribution is 0.583. The number of nitrogen functional groups attached to an aromatic ring is 1. The number of anilines is 2. The van der Waals surface area contributed by atoms with Gasteiger partial charge in [0.2, 0.25) is 0 Å². The van der Waals surface area contributed by atoms with Gasteiger partial charge in [0.15, 0.2) is 5.82 Å². The monoisotopic (exact) mass is 212 g/mol. The van der Waals surface area contributed by atoms with Crippen LogP contribution in [0.1, 0.15) is 19.8 Å². The lowest BCUT2D eigenvalue weighted by Gasteiger charge is -2.13. The van der Waals surface area contributed by atoms with Crippen LogP contribution in [0.25, 0.3) is 0 Å². The summed E-state index contributed by atoms with van der Waals surface area (Å²) in [5, 5.41) is 2.99. The molecule has 2 nitrogen and oxygen atoms in total. The summed E-state index contributed by atoms with van der Waals surface area (Å²) in [6.07, 6.45) is 2.30. The molecule has 1 saturated carbocycles. The molecule has 0 bridgehead atoms. The Morgan fingerprint density at radius 2 is 2.07 bits per heavy atom. The molecule has 0 aromatic heterocycles. The van der Waals surface area contributed by atoms with Gasteiger partial charge in [-0.2, -0.15) is 0 Å². The van der Waals surface area contributed by atoms with E-state index in [2.05, 4.69) is 12.2 Å². The summed E-state index contributed by atoms with van der Waals surface area (Å²) in [7, 11) is 0. The maximum absolute atomic E-state index is 13.1. The lowest BCUT2D eigenvalue weighted by Crippen LogP contribution is -2.13. The summed E-state index contributed by atoms with van der Waals surface area (Å²) in [5.41, 5.74) is 6.10. The van der Waals surface area contributed by atoms with Crippen molar-refractivity contribution >= 4 is 11.4 Å². The van der Waals surface area contributed by atoms with Gasteiger partial charge in [0.25, 0.3) is 0 Å². The minimum atomic E-state index is -0.710. The number of rotatable bonds is 3. The van der Waals surface area contributed by atoms with Crippen LogP contribution in [0.3, 0.4) is 0 Å². The Bertz CT molecular complexity index is 386. The van der Waals surface area contributed by atoms with Crippen molar-refractivity contribution in [2.45, 2.75) is 19.8 Å². The van der Waals surface area contributed by atoms with Crippen molar-refractivity contribution < 1.29 is 8.78 Å². The molecule has 1 aromatic carbocycles. The third kappa shape index (κ3) is 2.19. The van der Waals surface area contributed by atoms with Crippen molar-refractivity contribution in [2.75, 3.05) is 17.6 Å². The van der Waals surface area contributed by atoms with Gasteiger partial charge in [-0.3, -0.25) is 0 Å². The van der Waals surface area contributed by atoms with Gasteiger partial charge in [-0.25, -0.2) is 8.78 Å². The first-order valence-electron chi connectivity index (χ1n) is 4.99. The van der Waals surface area contributed by atoms with Crippen LogP contribution in [0, 0.1) is 17.0 Å². The van der Waals surface area contributed by atoms with Crippen molar-refractivity contribution in [3.63, 3.8) is 0 Å². The molecule has 82 valence electrons. The molecule has 15 heavy (non-hydrogen) atoms. The van der Waals surface area contributed by atoms with Gasteiger partial charge < -0.3 is 11.1 Å². The largest absolute Gasteiger partial charge is 0.395 e. The predicted molar refractivity (Wildman–Crippen MR) is 56.6 cm³/mol. The summed E-state index contributed by atoms with van der Waals surface area (Å²) in [4.78, 5) is 0. The van der Waals surface area contributed by atoms with E-state index in [0.717, 1.165) is 18.9 Å². The first-order chi connectivity index (χ1) is 7.00. The van der Waals surface area contributed by atoms with Crippen molar-refractivity contribution in [1.82, 2.24) is 0 Å². The second-order valence-electron chi connectivity index (χ2n) is 4.51. The van der Waals surface area contributed by atoms with E-state index in [1.54, 1.807) is 0 Å². The van der Waals surface area contributed by atoms with E-state index in [0.29, 0.717) is 12.2 Å². The zero-order valence-electron chi connectivity index (χ0n) is 8.61. The Morgan fingerprint density at radius 1 is 1.40 bits per heavy atom. The molecule has 0 saturated heterocycles. The highest BCUT2D eigenvalue weighted by Gasteiger charge is 2.36. The fraction of sp³-hybridized carbons (Fsp3) is 0.455. The highest BCUT2D eigenvalue weighted by molar-refractivity contribution is 5.66. The quantitative estimate of drug-likeness (QED) is 0.756. The van der Waals surface area contributed by atoms with Gasteiger partial charge in [-0.15, -0.1) is 0 Å². The SMILES string of the molecule is CC1(CNc2cc(F)cc(F)c2N)CC1. The number of hydrogen-bond acceptors (Lipinski definition) is 2. The Hall–Kier alpha value is -1.32. The minimum absolute atomic E-state index is 0.0133. The van der Waals surface area contributed by atoms with E-state index in [-0.39, 0.29) is 11.1 Å². The summed E-state index contributed by atoms with van der Waals surface area (Å²) < 4.78 is 26.0. The number of hydrogen-bond donors (Lipinski definition) is 2. The summed E-state index contributed by atoms with van der Waals surface area (Å²) in [6, 6.07) is 2.02. The summed E-state index contributed by atoms with van der Waals surface area (Å²) in [6.45, 7) is 2.84. The van der Waals surface area contributed by atoms with Crippen LogP contribution in [-0.2, 0) is 0 Å². The first kappa shape index (κ1) is 10.2. The fourth-order valence-corrected chi connectivity index (χ4v) is 1.43. The van der Waals surface area contributed by atoms with Gasteiger partial charge in [-0.05, 0) is 24.3 Å². The van der Waals surface area contributed by atoms with Crippen molar-refractivity contribution in [2.24, 2.45) is 5.41 Å². The third-order valence-corrected chi connectivity index (χ3v) is 2.90. The molecule has 0 unspecified atom stereocenters. The van der Waals surface area contributed by atoms with Crippen LogP contribution >= 0.6 is 0 Å². The molecule has 0 heterocycles. The van der Waals surface area contributed by atoms with E-state index in [1.807, 2.05) is 0 Å². The molecule has 1 fully saturated rings. The standard InChI is InChI=1S/C11H14F2N2/c1-11(2-3-11)6-15-9-5-7(12)4-8(13)10(9)14/h4-5,15H,2-3,6,14H2,1H3. The molecular formula is C11H14F2N2. The number of halogens is 2. The average molecular weight is 212 g/mol. The highest BCUT2D eigenvalue weighted by atomic mass is 19.1. The lowest BCUT2D eigenvalue weighted by atomic mass is 10.1. The third-order valence-electron chi connectivity index (χ3n) is 2.90. The van der Waals surface area contributed by atoms with Crippen LogP contribution in [0.15, 0.2) is 12.1 Å². The zero-order valence-corrected chi connectivity index (χ0v) is 8.61. The topological polar surface area (TPSA) is 38.0 Å².